The van der Waals surface area contributed by atoms with E-state index < -0.39 is 17.9 Å². The molecule has 0 fully saturated rings. The van der Waals surface area contributed by atoms with Gasteiger partial charge in [-0.2, -0.15) is 0 Å². The van der Waals surface area contributed by atoms with Crippen LogP contribution in [-0.2, 0) is 4.74 Å². The second-order valence-corrected chi connectivity index (χ2v) is 9.69. The predicted octanol–water partition coefficient (Wildman–Crippen LogP) is 5.26. The molecule has 0 aliphatic carbocycles. The van der Waals surface area contributed by atoms with Gasteiger partial charge in [0.2, 0.25) is 5.76 Å². The molecule has 1 aliphatic rings. The van der Waals surface area contributed by atoms with Crippen LogP contribution >= 0.6 is 27.3 Å². The van der Waals surface area contributed by atoms with Crippen molar-refractivity contribution in [1.82, 2.24) is 4.98 Å². The van der Waals surface area contributed by atoms with Crippen molar-refractivity contribution < 1.29 is 23.5 Å². The van der Waals surface area contributed by atoms with Crippen LogP contribution in [0.5, 0.6) is 5.75 Å². The third kappa shape index (κ3) is 3.82. The summed E-state index contributed by atoms with van der Waals surface area (Å²) in [5, 5.41) is 0.611. The summed E-state index contributed by atoms with van der Waals surface area (Å²) in [6, 6.07) is 11.4. The van der Waals surface area contributed by atoms with E-state index in [0.29, 0.717) is 39.1 Å². The quantitative estimate of drug-likeness (QED) is 0.310. The monoisotopic (exact) mass is 554 g/mol. The summed E-state index contributed by atoms with van der Waals surface area (Å²) in [6.07, 6.45) is 0. The lowest BCUT2D eigenvalue weighted by molar-refractivity contribution is 0.0605. The zero-order valence-electron chi connectivity index (χ0n) is 19.0. The van der Waals surface area contributed by atoms with E-state index >= 15 is 0 Å². The minimum absolute atomic E-state index is 0.0518. The van der Waals surface area contributed by atoms with E-state index in [2.05, 4.69) is 20.9 Å². The van der Waals surface area contributed by atoms with Gasteiger partial charge in [0.25, 0.3) is 5.91 Å². The smallest absolute Gasteiger partial charge is 0.350 e. The number of aromatic nitrogens is 1. The molecule has 0 N–H and O–H groups in total. The molecule has 3 heterocycles. The average molecular weight is 555 g/mol. The topological polar surface area (TPSA) is 98.9 Å². The predicted molar refractivity (Wildman–Crippen MR) is 135 cm³/mol. The van der Waals surface area contributed by atoms with Crippen LogP contribution in [0.4, 0.5) is 5.13 Å². The number of nitrogens with zero attached hydrogens (tertiary/aromatic N) is 2. The van der Waals surface area contributed by atoms with Crippen LogP contribution in [0.2, 0.25) is 0 Å². The number of thiazole rings is 1. The summed E-state index contributed by atoms with van der Waals surface area (Å²) in [6.45, 7) is 4.00. The molecule has 178 valence electrons. The Kier molecular flexibility index (Phi) is 5.94. The molecule has 10 heteroatoms. The Bertz CT molecular complexity index is 1560. The van der Waals surface area contributed by atoms with Gasteiger partial charge in [-0.3, -0.25) is 14.5 Å². The first-order valence-corrected chi connectivity index (χ1v) is 12.3. The first kappa shape index (κ1) is 23.3. The number of aryl methyl sites for hydroxylation is 1. The Morgan fingerprint density at radius 2 is 2.03 bits per heavy atom. The van der Waals surface area contributed by atoms with Crippen LogP contribution in [0.3, 0.4) is 0 Å². The van der Waals surface area contributed by atoms with Gasteiger partial charge >= 0.3 is 5.97 Å². The van der Waals surface area contributed by atoms with Gasteiger partial charge in [-0.1, -0.05) is 39.4 Å². The number of esters is 1. The fourth-order valence-electron chi connectivity index (χ4n) is 4.17. The van der Waals surface area contributed by atoms with E-state index in [9.17, 15) is 14.4 Å². The van der Waals surface area contributed by atoms with Crippen LogP contribution in [0.15, 0.2) is 56.1 Å². The highest BCUT2D eigenvalue weighted by Crippen LogP contribution is 2.43. The van der Waals surface area contributed by atoms with E-state index in [1.54, 1.807) is 43.3 Å². The number of amides is 1. The van der Waals surface area contributed by atoms with Gasteiger partial charge in [0.15, 0.2) is 10.6 Å². The minimum atomic E-state index is -0.825. The van der Waals surface area contributed by atoms with Crippen molar-refractivity contribution in [2.75, 3.05) is 18.6 Å². The maximum atomic E-state index is 13.7. The zero-order chi connectivity index (χ0) is 24.9. The molecule has 0 saturated heterocycles. The average Bonchev–Trinajstić information content (AvgIpc) is 3.37. The second-order valence-electron chi connectivity index (χ2n) is 7.80. The first-order chi connectivity index (χ1) is 16.8. The third-order valence-electron chi connectivity index (χ3n) is 5.68. The van der Waals surface area contributed by atoms with Gasteiger partial charge < -0.3 is 13.9 Å². The van der Waals surface area contributed by atoms with E-state index in [1.165, 1.54) is 12.0 Å². The van der Waals surface area contributed by atoms with Crippen LogP contribution in [0, 0.1) is 6.92 Å². The number of carbonyl (C=O) groups is 2. The Morgan fingerprint density at radius 3 is 2.77 bits per heavy atom. The molecule has 1 aliphatic heterocycles. The summed E-state index contributed by atoms with van der Waals surface area (Å²) in [4.78, 5) is 45.8. The van der Waals surface area contributed by atoms with Gasteiger partial charge in [0.1, 0.15) is 16.2 Å². The molecular formula is C25H19BrN2O6S. The largest absolute Gasteiger partial charge is 0.494 e. The molecular weight excluding hydrogens is 536 g/mol. The highest BCUT2D eigenvalue weighted by Gasteiger charge is 2.45. The third-order valence-corrected chi connectivity index (χ3v) is 7.31. The van der Waals surface area contributed by atoms with Crippen LogP contribution in [0.1, 0.15) is 50.0 Å². The summed E-state index contributed by atoms with van der Waals surface area (Å²) in [7, 11) is 1.28. The molecule has 5 rings (SSSR count). The number of carbonyl (C=O) groups excluding carboxylic acids is 2. The number of anilines is 1. The standard InChI is InChI=1S/C25H19BrN2O6S/c1-4-33-15-7-5-6-13(10-15)19-18-20(29)16-11-14(26)8-9-17(16)34-21(18)23(30)28(19)25-27-12(2)22(35-25)24(31)32-3/h5-11,19H,4H2,1-3H3. The number of methoxy groups -OCH3 is 1. The lowest BCUT2D eigenvalue weighted by Gasteiger charge is -2.23. The van der Waals surface area contributed by atoms with Gasteiger partial charge in [0.05, 0.1) is 36.4 Å². The Morgan fingerprint density at radius 1 is 1.23 bits per heavy atom. The van der Waals surface area contributed by atoms with Crippen LogP contribution in [0.25, 0.3) is 11.0 Å². The summed E-state index contributed by atoms with van der Waals surface area (Å²) < 4.78 is 17.2. The summed E-state index contributed by atoms with van der Waals surface area (Å²) in [5.74, 6) is -0.512. The molecule has 1 atom stereocenters. The van der Waals surface area contributed by atoms with Crippen LogP contribution in [-0.4, -0.2) is 30.6 Å². The maximum absolute atomic E-state index is 13.7. The minimum Gasteiger partial charge on any atom is -0.494 e. The van der Waals surface area contributed by atoms with Gasteiger partial charge in [-0.05, 0) is 49.7 Å². The number of rotatable bonds is 5. The normalized spacial score (nSPS) is 14.9. The highest BCUT2D eigenvalue weighted by atomic mass is 79.9. The molecule has 0 saturated carbocycles. The van der Waals surface area contributed by atoms with Gasteiger partial charge in [-0.25, -0.2) is 9.78 Å². The number of fused-ring (bicyclic) bond motifs is 2. The molecule has 0 bridgehead atoms. The molecule has 8 nitrogen and oxygen atoms in total. The highest BCUT2D eigenvalue weighted by molar-refractivity contribution is 9.10. The van der Waals surface area contributed by atoms with Crippen LogP contribution < -0.4 is 15.1 Å². The van der Waals surface area contributed by atoms with Gasteiger partial charge in [0, 0.05) is 4.47 Å². The van der Waals surface area contributed by atoms with E-state index in [4.69, 9.17) is 13.9 Å². The molecule has 4 aromatic rings. The molecule has 0 spiro atoms. The molecule has 2 aromatic heterocycles. The van der Waals surface area contributed by atoms with Crippen molar-refractivity contribution in [2.24, 2.45) is 0 Å². The molecule has 1 amide bonds. The Balaban J connectivity index is 1.78. The van der Waals surface area contributed by atoms with Crippen molar-refractivity contribution in [3.05, 3.63) is 84.6 Å². The summed E-state index contributed by atoms with van der Waals surface area (Å²) >= 11 is 4.43. The second kappa shape index (κ2) is 8.94. The number of hydrogen-bond acceptors (Lipinski definition) is 8. The van der Waals surface area contributed by atoms with Crippen molar-refractivity contribution in [2.45, 2.75) is 19.9 Å². The lowest BCUT2D eigenvalue weighted by Crippen LogP contribution is -2.29. The first-order valence-electron chi connectivity index (χ1n) is 10.7. The van der Waals surface area contributed by atoms with E-state index in [1.807, 2.05) is 13.0 Å². The molecule has 1 unspecified atom stereocenters. The van der Waals surface area contributed by atoms with Crippen molar-refractivity contribution >= 4 is 55.2 Å². The maximum Gasteiger partial charge on any atom is 0.350 e. The molecule has 2 aromatic carbocycles. The van der Waals surface area contributed by atoms with E-state index in [0.717, 1.165) is 11.3 Å². The fourth-order valence-corrected chi connectivity index (χ4v) is 5.54. The molecule has 0 radical (unpaired) electrons. The van der Waals surface area contributed by atoms with Crippen molar-refractivity contribution in [1.29, 1.82) is 0 Å². The number of halogens is 1. The number of benzene rings is 2. The fraction of sp³-hybridized carbons (Fsp3) is 0.200. The van der Waals surface area contributed by atoms with Crippen molar-refractivity contribution in [3.63, 3.8) is 0 Å². The summed E-state index contributed by atoms with van der Waals surface area (Å²) in [5.41, 5.74) is 1.28. The Hall–Kier alpha value is -3.50. The number of ether oxygens (including phenoxy) is 2. The zero-order valence-corrected chi connectivity index (χ0v) is 21.4. The van der Waals surface area contributed by atoms with Crippen molar-refractivity contribution in [3.8, 4) is 5.75 Å². The number of hydrogen-bond donors (Lipinski definition) is 0. The lowest BCUT2D eigenvalue weighted by atomic mass is 9.98. The Labute approximate surface area is 212 Å². The van der Waals surface area contributed by atoms with Gasteiger partial charge in [-0.15, -0.1) is 0 Å². The van der Waals surface area contributed by atoms with E-state index in [-0.39, 0.29) is 26.8 Å². The molecule has 35 heavy (non-hydrogen) atoms. The SMILES string of the molecule is CCOc1cccc(C2c3c(oc4ccc(Br)cc4c3=O)C(=O)N2c2nc(C)c(C(=O)OC)s2)c1.